The smallest absolute Gasteiger partial charge is 0.210 e. The fourth-order valence-corrected chi connectivity index (χ4v) is 3.86. The molecular weight excluding hydrogens is 294 g/mol. The molecule has 1 aliphatic rings. The first-order chi connectivity index (χ1) is 10.6. The minimum Gasteiger partial charge on any atom is -0.210 e. The summed E-state index contributed by atoms with van der Waals surface area (Å²) in [5, 5.41) is 0. The lowest BCUT2D eigenvalue weighted by Crippen LogP contribution is -2.32. The Morgan fingerprint density at radius 2 is 1.64 bits per heavy atom. The van der Waals surface area contributed by atoms with Crippen LogP contribution < -0.4 is 4.72 Å². The van der Waals surface area contributed by atoms with Crippen LogP contribution in [0.1, 0.15) is 30.9 Å². The van der Waals surface area contributed by atoms with Gasteiger partial charge < -0.3 is 0 Å². The molecule has 0 atom stereocenters. The normalized spacial score (nSPS) is 16.4. The fourth-order valence-electron chi connectivity index (χ4n) is 2.73. The third-order valence-electron chi connectivity index (χ3n) is 4.48. The molecule has 0 amide bonds. The Morgan fingerprint density at radius 3 is 2.18 bits per heavy atom. The molecule has 0 heterocycles. The largest absolute Gasteiger partial charge is 0.240 e. The summed E-state index contributed by atoms with van der Waals surface area (Å²) in [6.07, 6.45) is 2.98. The van der Waals surface area contributed by atoms with Crippen LogP contribution in [0.2, 0.25) is 0 Å². The molecule has 2 aromatic rings. The second-order valence-corrected chi connectivity index (χ2v) is 7.74. The van der Waals surface area contributed by atoms with Gasteiger partial charge in [0.2, 0.25) is 10.0 Å². The molecule has 0 saturated heterocycles. The molecule has 0 aromatic heterocycles. The van der Waals surface area contributed by atoms with E-state index in [2.05, 4.69) is 23.8 Å². The zero-order valence-electron chi connectivity index (χ0n) is 12.7. The van der Waals surface area contributed by atoms with Gasteiger partial charge in [-0.3, -0.25) is 0 Å². The Labute approximate surface area is 132 Å². The summed E-state index contributed by atoms with van der Waals surface area (Å²) < 4.78 is 27.6. The predicted molar refractivity (Wildman–Crippen MR) is 88.4 cm³/mol. The van der Waals surface area contributed by atoms with Crippen molar-refractivity contribution in [3.05, 3.63) is 65.7 Å². The fraction of sp³-hybridized carbons (Fsp3) is 0.333. The molecule has 1 N–H and O–H groups in total. The molecule has 1 fully saturated rings. The summed E-state index contributed by atoms with van der Waals surface area (Å²) in [7, 11) is -3.44. The minimum absolute atomic E-state index is 0.0162. The first kappa shape index (κ1) is 15.3. The van der Waals surface area contributed by atoms with Crippen molar-refractivity contribution >= 4 is 10.0 Å². The maximum absolute atomic E-state index is 12.4. The zero-order valence-corrected chi connectivity index (χ0v) is 13.6. The van der Waals surface area contributed by atoms with Crippen LogP contribution in [0.15, 0.2) is 59.5 Å². The lowest BCUT2D eigenvalue weighted by atomic mass is 9.96. The van der Waals surface area contributed by atoms with Crippen LogP contribution in [0.25, 0.3) is 0 Å². The van der Waals surface area contributed by atoms with E-state index in [4.69, 9.17) is 0 Å². The Morgan fingerprint density at radius 1 is 1.00 bits per heavy atom. The first-order valence-electron chi connectivity index (χ1n) is 7.70. The van der Waals surface area contributed by atoms with Gasteiger partial charge in [0, 0.05) is 12.0 Å². The van der Waals surface area contributed by atoms with E-state index >= 15 is 0 Å². The highest BCUT2D eigenvalue weighted by Crippen LogP contribution is 2.47. The molecule has 3 nitrogen and oxygen atoms in total. The van der Waals surface area contributed by atoms with Crippen molar-refractivity contribution in [3.8, 4) is 0 Å². The molecule has 3 rings (SSSR count). The second-order valence-electron chi connectivity index (χ2n) is 5.97. The number of rotatable bonds is 6. The Bertz CT molecular complexity index is 732. The Hall–Kier alpha value is -1.65. The third-order valence-corrected chi connectivity index (χ3v) is 5.90. The third kappa shape index (κ3) is 3.08. The molecule has 0 unspecified atom stereocenters. The van der Waals surface area contributed by atoms with Gasteiger partial charge >= 0.3 is 0 Å². The predicted octanol–water partition coefficient (Wildman–Crippen LogP) is 3.26. The maximum Gasteiger partial charge on any atom is 0.240 e. The number of benzene rings is 2. The summed E-state index contributed by atoms with van der Waals surface area (Å²) in [5.74, 6) is 0. The number of nitrogens with one attached hydrogen (secondary N) is 1. The van der Waals surface area contributed by atoms with E-state index in [-0.39, 0.29) is 5.41 Å². The summed E-state index contributed by atoms with van der Waals surface area (Å²) in [6, 6.07) is 17.3. The molecule has 1 saturated carbocycles. The average Bonchev–Trinajstić information content (AvgIpc) is 3.35. The SMILES string of the molecule is CCc1ccc(S(=O)(=O)NCC2(c3ccccc3)CC2)cc1. The zero-order chi connectivity index (χ0) is 15.6. The molecular formula is C18H21NO2S. The van der Waals surface area contributed by atoms with E-state index in [0.29, 0.717) is 11.4 Å². The van der Waals surface area contributed by atoms with Crippen molar-refractivity contribution in [2.24, 2.45) is 0 Å². The van der Waals surface area contributed by atoms with Crippen molar-refractivity contribution in [3.63, 3.8) is 0 Å². The molecule has 1 aliphatic carbocycles. The van der Waals surface area contributed by atoms with Crippen molar-refractivity contribution in [2.45, 2.75) is 36.5 Å². The van der Waals surface area contributed by atoms with Gasteiger partial charge in [-0.1, -0.05) is 49.4 Å². The van der Waals surface area contributed by atoms with Crippen molar-refractivity contribution in [2.75, 3.05) is 6.54 Å². The summed E-state index contributed by atoms with van der Waals surface area (Å²) in [5.41, 5.74) is 2.35. The van der Waals surface area contributed by atoms with Crippen LogP contribution in [0.5, 0.6) is 0 Å². The van der Waals surface area contributed by atoms with Gasteiger partial charge in [0.05, 0.1) is 4.90 Å². The molecule has 2 aromatic carbocycles. The quantitative estimate of drug-likeness (QED) is 0.889. The molecule has 22 heavy (non-hydrogen) atoms. The van der Waals surface area contributed by atoms with Crippen molar-refractivity contribution in [1.82, 2.24) is 4.72 Å². The maximum atomic E-state index is 12.4. The average molecular weight is 315 g/mol. The van der Waals surface area contributed by atoms with Crippen LogP contribution in [0, 0.1) is 0 Å². The molecule has 0 aliphatic heterocycles. The minimum atomic E-state index is -3.44. The summed E-state index contributed by atoms with van der Waals surface area (Å²) >= 11 is 0. The molecule has 0 spiro atoms. The van der Waals surface area contributed by atoms with Crippen LogP contribution in [-0.2, 0) is 21.9 Å². The highest BCUT2D eigenvalue weighted by Gasteiger charge is 2.44. The van der Waals surface area contributed by atoms with E-state index < -0.39 is 10.0 Å². The lowest BCUT2D eigenvalue weighted by Gasteiger charge is -2.16. The highest BCUT2D eigenvalue weighted by atomic mass is 32.2. The molecule has 0 radical (unpaired) electrons. The van der Waals surface area contributed by atoms with Gasteiger partial charge in [0.1, 0.15) is 0 Å². The molecule has 116 valence electrons. The van der Waals surface area contributed by atoms with E-state index in [0.717, 1.165) is 24.8 Å². The number of aryl methyl sites for hydroxylation is 1. The van der Waals surface area contributed by atoms with Gasteiger partial charge in [-0.25, -0.2) is 13.1 Å². The standard InChI is InChI=1S/C18H21NO2S/c1-2-15-8-10-17(11-9-15)22(20,21)19-14-18(12-13-18)16-6-4-3-5-7-16/h3-11,19H,2,12-14H2,1H3. The van der Waals surface area contributed by atoms with Crippen LogP contribution in [0.3, 0.4) is 0 Å². The van der Waals surface area contributed by atoms with Crippen LogP contribution in [0.4, 0.5) is 0 Å². The molecule has 0 bridgehead atoms. The van der Waals surface area contributed by atoms with E-state index in [9.17, 15) is 8.42 Å². The van der Waals surface area contributed by atoms with E-state index in [1.807, 2.05) is 30.3 Å². The highest BCUT2D eigenvalue weighted by molar-refractivity contribution is 7.89. The number of hydrogen-bond acceptors (Lipinski definition) is 2. The van der Waals surface area contributed by atoms with Gasteiger partial charge in [0.15, 0.2) is 0 Å². The molecule has 4 heteroatoms. The van der Waals surface area contributed by atoms with Gasteiger partial charge in [-0.05, 0) is 42.5 Å². The lowest BCUT2D eigenvalue weighted by molar-refractivity contribution is 0.567. The number of sulfonamides is 1. The van der Waals surface area contributed by atoms with Crippen LogP contribution in [-0.4, -0.2) is 15.0 Å². The monoisotopic (exact) mass is 315 g/mol. The Kier molecular flexibility index (Phi) is 4.06. The van der Waals surface area contributed by atoms with Crippen molar-refractivity contribution in [1.29, 1.82) is 0 Å². The van der Waals surface area contributed by atoms with Gasteiger partial charge in [0.25, 0.3) is 0 Å². The number of hydrogen-bond donors (Lipinski definition) is 1. The van der Waals surface area contributed by atoms with E-state index in [1.54, 1.807) is 12.1 Å². The van der Waals surface area contributed by atoms with E-state index in [1.165, 1.54) is 5.56 Å². The Balaban J connectivity index is 1.72. The second kappa shape index (κ2) is 5.86. The van der Waals surface area contributed by atoms with Crippen LogP contribution >= 0.6 is 0 Å². The summed E-state index contributed by atoms with van der Waals surface area (Å²) in [6.45, 7) is 2.52. The topological polar surface area (TPSA) is 46.2 Å². The van der Waals surface area contributed by atoms with Crippen molar-refractivity contribution < 1.29 is 8.42 Å². The van der Waals surface area contributed by atoms with Gasteiger partial charge in [-0.2, -0.15) is 0 Å². The first-order valence-corrected chi connectivity index (χ1v) is 9.18. The van der Waals surface area contributed by atoms with Gasteiger partial charge in [-0.15, -0.1) is 0 Å². The summed E-state index contributed by atoms with van der Waals surface area (Å²) in [4.78, 5) is 0.341.